The zero-order valence-electron chi connectivity index (χ0n) is 14.8. The number of aromatic nitrogens is 1. The second-order valence-corrected chi connectivity index (χ2v) is 7.37. The van der Waals surface area contributed by atoms with Crippen LogP contribution in [0.1, 0.15) is 32.2 Å². The number of nitrogens with one attached hydrogen (secondary N) is 2. The van der Waals surface area contributed by atoms with E-state index in [4.69, 9.17) is 9.15 Å². The van der Waals surface area contributed by atoms with Crippen LogP contribution in [-0.2, 0) is 16.0 Å². The first-order valence-corrected chi connectivity index (χ1v) is 8.86. The lowest BCUT2D eigenvalue weighted by molar-refractivity contribution is -0.120. The van der Waals surface area contributed by atoms with Crippen LogP contribution in [-0.4, -0.2) is 35.7 Å². The van der Waals surface area contributed by atoms with Crippen molar-refractivity contribution in [1.82, 2.24) is 15.6 Å². The smallest absolute Gasteiger partial charge is 0.407 e. The predicted octanol–water partition coefficient (Wildman–Crippen LogP) is 2.89. The Morgan fingerprint density at radius 2 is 1.96 bits per heavy atom. The number of nitrogens with zero attached hydrogens (tertiary/aromatic N) is 1. The molecule has 2 aromatic rings. The van der Waals surface area contributed by atoms with Gasteiger partial charge in [0.05, 0.1) is 12.1 Å². The quantitative estimate of drug-likeness (QED) is 0.768. The van der Waals surface area contributed by atoms with Crippen molar-refractivity contribution in [1.29, 1.82) is 0 Å². The fourth-order valence-corrected chi connectivity index (χ4v) is 2.74. The summed E-state index contributed by atoms with van der Waals surface area (Å²) < 4.78 is 10.6. The van der Waals surface area contributed by atoms with E-state index in [1.807, 2.05) is 24.4 Å². The first-order chi connectivity index (χ1) is 11.7. The number of alkyl carbamates (subject to hydrolysis) is 1. The summed E-state index contributed by atoms with van der Waals surface area (Å²) in [4.78, 5) is 27.8. The van der Waals surface area contributed by atoms with E-state index in [1.165, 1.54) is 11.3 Å². The van der Waals surface area contributed by atoms with Gasteiger partial charge in [-0.15, -0.1) is 11.3 Å². The van der Waals surface area contributed by atoms with Crippen LogP contribution < -0.4 is 10.6 Å². The SMILES string of the molecule is Cc1ccc(-c2nc(CC(=O)NCCNC(=O)OC(C)(C)C)cs2)o1. The molecule has 7 nitrogen and oxygen atoms in total. The summed E-state index contributed by atoms with van der Waals surface area (Å²) in [7, 11) is 0. The monoisotopic (exact) mass is 365 g/mol. The van der Waals surface area contributed by atoms with Crippen molar-refractivity contribution in [2.45, 2.75) is 39.7 Å². The molecule has 2 heterocycles. The molecule has 0 aliphatic carbocycles. The van der Waals surface area contributed by atoms with Crippen LogP contribution in [0.5, 0.6) is 0 Å². The molecule has 0 radical (unpaired) electrons. The third kappa shape index (κ3) is 6.58. The Balaban J connectivity index is 1.70. The Labute approximate surface area is 150 Å². The van der Waals surface area contributed by atoms with Gasteiger partial charge in [0, 0.05) is 18.5 Å². The lowest BCUT2D eigenvalue weighted by atomic mass is 10.2. The van der Waals surface area contributed by atoms with Crippen LogP contribution in [0.15, 0.2) is 21.9 Å². The number of carbonyl (C=O) groups excluding carboxylic acids is 2. The highest BCUT2D eigenvalue weighted by Crippen LogP contribution is 2.25. The topological polar surface area (TPSA) is 93.5 Å². The molecular formula is C17H23N3O4S. The molecule has 0 unspecified atom stereocenters. The largest absolute Gasteiger partial charge is 0.459 e. The molecule has 0 aliphatic heterocycles. The molecule has 25 heavy (non-hydrogen) atoms. The van der Waals surface area contributed by atoms with E-state index in [9.17, 15) is 9.59 Å². The van der Waals surface area contributed by atoms with Gasteiger partial charge in [-0.2, -0.15) is 0 Å². The number of thiazole rings is 1. The van der Waals surface area contributed by atoms with E-state index < -0.39 is 11.7 Å². The molecule has 2 amide bonds. The second kappa shape index (κ2) is 8.15. The van der Waals surface area contributed by atoms with Crippen molar-refractivity contribution >= 4 is 23.3 Å². The summed E-state index contributed by atoms with van der Waals surface area (Å²) in [5.74, 6) is 1.37. The summed E-state index contributed by atoms with van der Waals surface area (Å²) in [6, 6.07) is 3.74. The number of hydrogen-bond donors (Lipinski definition) is 2. The van der Waals surface area contributed by atoms with Crippen molar-refractivity contribution < 1.29 is 18.7 Å². The van der Waals surface area contributed by atoms with Gasteiger partial charge < -0.3 is 19.8 Å². The minimum absolute atomic E-state index is 0.154. The zero-order chi connectivity index (χ0) is 18.4. The van der Waals surface area contributed by atoms with Crippen LogP contribution >= 0.6 is 11.3 Å². The van der Waals surface area contributed by atoms with Gasteiger partial charge in [-0.3, -0.25) is 4.79 Å². The summed E-state index contributed by atoms with van der Waals surface area (Å²) in [6.07, 6.45) is -0.317. The third-order valence-corrected chi connectivity index (χ3v) is 3.87. The number of aryl methyl sites for hydroxylation is 1. The number of rotatable bonds is 6. The maximum absolute atomic E-state index is 11.9. The minimum atomic E-state index is -0.539. The van der Waals surface area contributed by atoms with Gasteiger partial charge in [-0.25, -0.2) is 9.78 Å². The van der Waals surface area contributed by atoms with E-state index >= 15 is 0 Å². The highest BCUT2D eigenvalue weighted by molar-refractivity contribution is 7.13. The molecule has 2 rings (SSSR count). The Bertz CT molecular complexity index is 730. The molecule has 0 fully saturated rings. The standard InChI is InChI=1S/C17H23N3O4S/c1-11-5-6-13(23-11)15-20-12(10-25-15)9-14(21)18-7-8-19-16(22)24-17(2,3)4/h5-6,10H,7-9H2,1-4H3,(H,18,21)(H,19,22). The first-order valence-electron chi connectivity index (χ1n) is 7.98. The van der Waals surface area contributed by atoms with Crippen LogP contribution in [0.4, 0.5) is 4.79 Å². The summed E-state index contributed by atoms with van der Waals surface area (Å²) in [5, 5.41) is 7.91. The lowest BCUT2D eigenvalue weighted by Crippen LogP contribution is -2.38. The Hall–Kier alpha value is -2.35. The molecule has 0 aromatic carbocycles. The average molecular weight is 365 g/mol. The van der Waals surface area contributed by atoms with Gasteiger partial charge in [0.15, 0.2) is 10.8 Å². The number of hydrogen-bond acceptors (Lipinski definition) is 6. The zero-order valence-corrected chi connectivity index (χ0v) is 15.7. The fraction of sp³-hybridized carbons (Fsp3) is 0.471. The number of amides is 2. The molecule has 2 aromatic heterocycles. The van der Waals surface area contributed by atoms with Crippen molar-refractivity contribution in [3.63, 3.8) is 0 Å². The van der Waals surface area contributed by atoms with E-state index in [0.717, 1.165) is 10.8 Å². The summed E-state index contributed by atoms with van der Waals surface area (Å²) in [6.45, 7) is 7.87. The number of ether oxygens (including phenoxy) is 1. The van der Waals surface area contributed by atoms with Gasteiger partial charge >= 0.3 is 6.09 Å². The minimum Gasteiger partial charge on any atom is -0.459 e. The maximum Gasteiger partial charge on any atom is 0.407 e. The molecule has 0 aliphatic rings. The number of furan rings is 1. The van der Waals surface area contributed by atoms with Gasteiger partial charge in [-0.1, -0.05) is 0 Å². The highest BCUT2D eigenvalue weighted by atomic mass is 32.1. The average Bonchev–Trinajstić information content (AvgIpc) is 3.10. The predicted molar refractivity (Wildman–Crippen MR) is 95.5 cm³/mol. The van der Waals surface area contributed by atoms with Gasteiger partial charge in [-0.05, 0) is 39.8 Å². The van der Waals surface area contributed by atoms with Crippen molar-refractivity contribution in [2.75, 3.05) is 13.1 Å². The fourth-order valence-electron chi connectivity index (χ4n) is 1.96. The molecule has 0 saturated heterocycles. The molecule has 0 bridgehead atoms. The van der Waals surface area contributed by atoms with Crippen molar-refractivity contribution in [2.24, 2.45) is 0 Å². The van der Waals surface area contributed by atoms with Crippen LogP contribution in [0.3, 0.4) is 0 Å². The normalized spacial score (nSPS) is 11.2. The Morgan fingerprint density at radius 3 is 2.60 bits per heavy atom. The molecular weight excluding hydrogens is 342 g/mol. The highest BCUT2D eigenvalue weighted by Gasteiger charge is 2.15. The van der Waals surface area contributed by atoms with Crippen LogP contribution in [0, 0.1) is 6.92 Å². The molecule has 0 atom stereocenters. The van der Waals surface area contributed by atoms with Crippen molar-refractivity contribution in [3.8, 4) is 10.8 Å². The van der Waals surface area contributed by atoms with Gasteiger partial charge in [0.1, 0.15) is 11.4 Å². The van der Waals surface area contributed by atoms with Crippen LogP contribution in [0.2, 0.25) is 0 Å². The lowest BCUT2D eigenvalue weighted by Gasteiger charge is -2.19. The molecule has 8 heteroatoms. The molecule has 2 N–H and O–H groups in total. The van der Waals surface area contributed by atoms with Crippen molar-refractivity contribution in [3.05, 3.63) is 29.0 Å². The number of carbonyl (C=O) groups is 2. The molecule has 136 valence electrons. The molecule has 0 saturated carbocycles. The first kappa shape index (κ1) is 19.0. The third-order valence-electron chi connectivity index (χ3n) is 2.96. The maximum atomic E-state index is 11.9. The van der Waals surface area contributed by atoms with Crippen LogP contribution in [0.25, 0.3) is 10.8 Å². The second-order valence-electron chi connectivity index (χ2n) is 6.51. The Morgan fingerprint density at radius 1 is 1.24 bits per heavy atom. The Kier molecular flexibility index (Phi) is 6.19. The molecule has 0 spiro atoms. The van der Waals surface area contributed by atoms with E-state index in [2.05, 4.69) is 15.6 Å². The van der Waals surface area contributed by atoms with Gasteiger partial charge in [0.25, 0.3) is 0 Å². The van der Waals surface area contributed by atoms with E-state index in [1.54, 1.807) is 20.8 Å². The van der Waals surface area contributed by atoms with E-state index in [-0.39, 0.29) is 12.3 Å². The summed E-state index contributed by atoms with van der Waals surface area (Å²) >= 11 is 1.44. The van der Waals surface area contributed by atoms with E-state index in [0.29, 0.717) is 24.5 Å². The summed E-state index contributed by atoms with van der Waals surface area (Å²) in [5.41, 5.74) is 0.147. The van der Waals surface area contributed by atoms with Gasteiger partial charge in [0.2, 0.25) is 5.91 Å².